The van der Waals surface area contributed by atoms with Crippen molar-refractivity contribution in [3.05, 3.63) is 22.4 Å². The average molecular weight is 237 g/mol. The Morgan fingerprint density at radius 2 is 2.31 bits per heavy atom. The molecular formula is C11H11NO3S. The van der Waals surface area contributed by atoms with Gasteiger partial charge in [0.25, 0.3) is 5.91 Å². The summed E-state index contributed by atoms with van der Waals surface area (Å²) in [6, 6.07) is 2.96. The van der Waals surface area contributed by atoms with Crippen molar-refractivity contribution in [2.45, 2.75) is 12.5 Å². The predicted octanol–water partition coefficient (Wildman–Crippen LogP) is 1.29. The van der Waals surface area contributed by atoms with E-state index in [0.717, 1.165) is 6.42 Å². The Bertz CT molecular complexity index is 442. The van der Waals surface area contributed by atoms with E-state index in [0.29, 0.717) is 17.3 Å². The maximum atomic E-state index is 12.1. The molecule has 1 N–H and O–H groups in total. The van der Waals surface area contributed by atoms with Crippen molar-refractivity contribution in [2.75, 3.05) is 6.54 Å². The van der Waals surface area contributed by atoms with Crippen LogP contribution in [0.3, 0.4) is 0 Å². The lowest BCUT2D eigenvalue weighted by Crippen LogP contribution is -2.43. The van der Waals surface area contributed by atoms with E-state index >= 15 is 0 Å². The van der Waals surface area contributed by atoms with Gasteiger partial charge >= 0.3 is 5.97 Å². The maximum absolute atomic E-state index is 12.1. The number of thiophene rings is 1. The van der Waals surface area contributed by atoms with Crippen LogP contribution in [0.2, 0.25) is 0 Å². The number of carbonyl (C=O) groups excluding carboxylic acids is 1. The molecule has 0 aromatic carbocycles. The summed E-state index contributed by atoms with van der Waals surface area (Å²) in [5.74, 6) is -0.379. The van der Waals surface area contributed by atoms with Crippen LogP contribution in [0.25, 0.3) is 0 Å². The van der Waals surface area contributed by atoms with Gasteiger partial charge in [0.2, 0.25) is 0 Å². The van der Waals surface area contributed by atoms with Gasteiger partial charge in [0.05, 0.1) is 4.88 Å². The summed E-state index contributed by atoms with van der Waals surface area (Å²) in [5, 5.41) is 11.0. The minimum absolute atomic E-state index is 0.130. The Labute approximate surface area is 96.5 Å². The fraction of sp³-hybridized carbons (Fsp3) is 0.455. The molecule has 1 saturated heterocycles. The molecule has 0 unspecified atom stereocenters. The molecule has 84 valence electrons. The van der Waals surface area contributed by atoms with Crippen LogP contribution in [-0.4, -0.2) is 34.5 Å². The molecular weight excluding hydrogens is 226 g/mol. The first-order valence-electron chi connectivity index (χ1n) is 5.26. The van der Waals surface area contributed by atoms with E-state index in [9.17, 15) is 9.59 Å². The van der Waals surface area contributed by atoms with Crippen molar-refractivity contribution in [2.24, 2.45) is 11.8 Å². The van der Waals surface area contributed by atoms with Gasteiger partial charge in [-0.25, -0.2) is 4.79 Å². The van der Waals surface area contributed by atoms with Gasteiger partial charge in [0.1, 0.15) is 6.04 Å². The zero-order chi connectivity index (χ0) is 11.3. The molecule has 5 heteroatoms. The summed E-state index contributed by atoms with van der Waals surface area (Å²) in [5.41, 5.74) is 0. The molecule has 3 rings (SSSR count). The molecule has 1 aliphatic heterocycles. The van der Waals surface area contributed by atoms with E-state index in [2.05, 4.69) is 0 Å². The number of amides is 1. The molecule has 2 fully saturated rings. The standard InChI is InChI=1S/C11H11NO3S/c13-10(8-2-1-3-16-8)12-5-6-4-7(6)9(12)11(14)15/h1-3,6-7,9H,4-5H2,(H,14,15)/t6-,7-,9-/m1/s1. The number of rotatable bonds is 2. The number of hydrogen-bond acceptors (Lipinski definition) is 3. The highest BCUT2D eigenvalue weighted by atomic mass is 32.1. The van der Waals surface area contributed by atoms with E-state index < -0.39 is 12.0 Å². The molecule has 2 aliphatic rings. The van der Waals surface area contributed by atoms with Crippen molar-refractivity contribution < 1.29 is 14.7 Å². The second-order valence-electron chi connectivity index (χ2n) is 4.38. The van der Waals surface area contributed by atoms with Gasteiger partial charge in [-0.15, -0.1) is 11.3 Å². The lowest BCUT2D eigenvalue weighted by atomic mass is 10.2. The Morgan fingerprint density at radius 3 is 2.94 bits per heavy atom. The van der Waals surface area contributed by atoms with Gasteiger partial charge in [0.15, 0.2) is 0 Å². The molecule has 1 saturated carbocycles. The Morgan fingerprint density at radius 1 is 1.50 bits per heavy atom. The summed E-state index contributed by atoms with van der Waals surface area (Å²) >= 11 is 1.36. The summed E-state index contributed by atoms with van der Waals surface area (Å²) in [6.07, 6.45) is 0.963. The Balaban J connectivity index is 1.85. The van der Waals surface area contributed by atoms with Crippen molar-refractivity contribution in [1.82, 2.24) is 4.90 Å². The number of likely N-dealkylation sites (tertiary alicyclic amines) is 1. The first-order valence-corrected chi connectivity index (χ1v) is 6.13. The van der Waals surface area contributed by atoms with E-state index in [-0.39, 0.29) is 11.8 Å². The van der Waals surface area contributed by atoms with Gasteiger partial charge in [-0.3, -0.25) is 4.79 Å². The normalized spacial score (nSPS) is 31.2. The number of fused-ring (bicyclic) bond motifs is 1. The first-order chi connectivity index (χ1) is 7.68. The average Bonchev–Trinajstić information content (AvgIpc) is 2.72. The molecule has 16 heavy (non-hydrogen) atoms. The van der Waals surface area contributed by atoms with Crippen LogP contribution >= 0.6 is 11.3 Å². The van der Waals surface area contributed by atoms with Crippen LogP contribution in [0.4, 0.5) is 0 Å². The number of aliphatic carboxylic acids is 1. The lowest BCUT2D eigenvalue weighted by molar-refractivity contribution is -0.142. The predicted molar refractivity (Wildman–Crippen MR) is 58.4 cm³/mol. The van der Waals surface area contributed by atoms with E-state index in [4.69, 9.17) is 5.11 Å². The van der Waals surface area contributed by atoms with Gasteiger partial charge in [-0.1, -0.05) is 6.07 Å². The minimum Gasteiger partial charge on any atom is -0.480 e. The van der Waals surface area contributed by atoms with Crippen LogP contribution < -0.4 is 0 Å². The molecule has 2 heterocycles. The highest BCUT2D eigenvalue weighted by Crippen LogP contribution is 2.50. The fourth-order valence-electron chi connectivity index (χ4n) is 2.53. The number of carboxylic acids is 1. The SMILES string of the molecule is O=C(O)[C@H]1[C@@H]2C[C@@H]2CN1C(=O)c1cccs1. The van der Waals surface area contributed by atoms with Crippen LogP contribution in [0, 0.1) is 11.8 Å². The molecule has 1 aliphatic carbocycles. The monoisotopic (exact) mass is 237 g/mol. The highest BCUT2D eigenvalue weighted by molar-refractivity contribution is 7.12. The van der Waals surface area contributed by atoms with E-state index in [1.807, 2.05) is 11.4 Å². The van der Waals surface area contributed by atoms with Gasteiger partial charge in [0, 0.05) is 6.54 Å². The second-order valence-corrected chi connectivity index (χ2v) is 5.33. The quantitative estimate of drug-likeness (QED) is 0.843. The highest BCUT2D eigenvalue weighted by Gasteiger charge is 2.57. The van der Waals surface area contributed by atoms with Crippen molar-refractivity contribution in [3.8, 4) is 0 Å². The van der Waals surface area contributed by atoms with Gasteiger partial charge in [-0.05, 0) is 29.7 Å². The van der Waals surface area contributed by atoms with E-state index in [1.54, 1.807) is 6.07 Å². The smallest absolute Gasteiger partial charge is 0.326 e. The molecule has 4 nitrogen and oxygen atoms in total. The third-order valence-corrected chi connectivity index (χ3v) is 4.25. The molecule has 0 spiro atoms. The number of nitrogens with zero attached hydrogens (tertiary/aromatic N) is 1. The molecule has 1 amide bonds. The zero-order valence-electron chi connectivity index (χ0n) is 8.50. The fourth-order valence-corrected chi connectivity index (χ4v) is 3.21. The third-order valence-electron chi connectivity index (χ3n) is 3.40. The summed E-state index contributed by atoms with van der Waals surface area (Å²) in [6.45, 7) is 0.609. The zero-order valence-corrected chi connectivity index (χ0v) is 9.31. The molecule has 1 aromatic rings. The number of hydrogen-bond donors (Lipinski definition) is 1. The van der Waals surface area contributed by atoms with Gasteiger partial charge < -0.3 is 10.0 Å². The first kappa shape index (κ1) is 9.84. The van der Waals surface area contributed by atoms with Crippen LogP contribution in [0.15, 0.2) is 17.5 Å². The van der Waals surface area contributed by atoms with Crippen LogP contribution in [0.1, 0.15) is 16.1 Å². The number of carboxylic acid groups (broad SMARTS) is 1. The van der Waals surface area contributed by atoms with Crippen LogP contribution in [0.5, 0.6) is 0 Å². The molecule has 1 aromatic heterocycles. The van der Waals surface area contributed by atoms with E-state index in [1.165, 1.54) is 16.2 Å². The third kappa shape index (κ3) is 1.35. The topological polar surface area (TPSA) is 57.6 Å². The van der Waals surface area contributed by atoms with Crippen molar-refractivity contribution in [1.29, 1.82) is 0 Å². The summed E-state index contributed by atoms with van der Waals surface area (Å²) in [7, 11) is 0. The number of piperidine rings is 1. The van der Waals surface area contributed by atoms with Crippen LogP contribution in [-0.2, 0) is 4.79 Å². The van der Waals surface area contributed by atoms with Crippen molar-refractivity contribution in [3.63, 3.8) is 0 Å². The molecule has 0 bridgehead atoms. The second kappa shape index (κ2) is 3.31. The maximum Gasteiger partial charge on any atom is 0.326 e. The molecule has 3 atom stereocenters. The lowest BCUT2D eigenvalue weighted by Gasteiger charge is -2.23. The minimum atomic E-state index is -0.866. The molecule has 0 radical (unpaired) electrons. The Hall–Kier alpha value is -1.36. The number of carbonyl (C=O) groups is 2. The summed E-state index contributed by atoms with van der Waals surface area (Å²) < 4.78 is 0. The summed E-state index contributed by atoms with van der Waals surface area (Å²) in [4.78, 5) is 25.3. The van der Waals surface area contributed by atoms with Gasteiger partial charge in [-0.2, -0.15) is 0 Å². The largest absolute Gasteiger partial charge is 0.480 e. The van der Waals surface area contributed by atoms with Crippen molar-refractivity contribution >= 4 is 23.2 Å². The Kier molecular flexibility index (Phi) is 2.04.